The lowest BCUT2D eigenvalue weighted by molar-refractivity contribution is -0.148. The first-order chi connectivity index (χ1) is 12.1. The Morgan fingerprint density at radius 1 is 1.24 bits per heavy atom. The minimum atomic E-state index is -0.457. The largest absolute Gasteiger partial charge is 0.455 e. The van der Waals surface area contributed by atoms with Gasteiger partial charge in [-0.15, -0.1) is 22.7 Å². The highest BCUT2D eigenvalue weighted by molar-refractivity contribution is 7.14. The Labute approximate surface area is 157 Å². The minimum Gasteiger partial charge on any atom is -0.455 e. The van der Waals surface area contributed by atoms with Gasteiger partial charge in [-0.2, -0.15) is 11.3 Å². The van der Waals surface area contributed by atoms with Gasteiger partial charge in [-0.25, -0.2) is 4.98 Å². The molecule has 130 valence electrons. The fourth-order valence-corrected chi connectivity index (χ4v) is 4.41. The maximum Gasteiger partial charge on any atom is 0.312 e. The van der Waals surface area contributed by atoms with Crippen LogP contribution in [0.1, 0.15) is 23.5 Å². The van der Waals surface area contributed by atoms with E-state index in [0.29, 0.717) is 5.69 Å². The number of thiazole rings is 1. The summed E-state index contributed by atoms with van der Waals surface area (Å²) < 4.78 is 5.05. The fourth-order valence-electron chi connectivity index (χ4n) is 2.14. The van der Waals surface area contributed by atoms with Crippen LogP contribution in [-0.2, 0) is 20.7 Å². The molecule has 25 heavy (non-hydrogen) atoms. The highest BCUT2D eigenvalue weighted by Gasteiger charge is 2.14. The van der Waals surface area contributed by atoms with E-state index < -0.39 is 5.97 Å². The normalized spacial score (nSPS) is 11.9. The molecule has 0 radical (unpaired) electrons. The predicted octanol–water partition coefficient (Wildman–Crippen LogP) is 3.90. The molecule has 0 aliphatic heterocycles. The second kappa shape index (κ2) is 8.37. The van der Waals surface area contributed by atoms with Crippen molar-refractivity contribution in [3.05, 3.63) is 50.3 Å². The molecule has 0 saturated carbocycles. The lowest BCUT2D eigenvalue weighted by Gasteiger charge is -2.12. The Kier molecular flexibility index (Phi) is 5.95. The second-order valence-corrected chi connectivity index (χ2v) is 7.92. The molecule has 3 rings (SSSR count). The Bertz CT molecular complexity index is 825. The lowest BCUT2D eigenvalue weighted by Crippen LogP contribution is -2.31. The van der Waals surface area contributed by atoms with Crippen LogP contribution >= 0.6 is 34.0 Å². The number of rotatable bonds is 7. The molecule has 0 bridgehead atoms. The molecule has 0 fully saturated rings. The van der Waals surface area contributed by atoms with E-state index in [0.717, 1.165) is 15.4 Å². The number of ether oxygens (including phenoxy) is 1. The number of aromatic nitrogens is 1. The topological polar surface area (TPSA) is 68.3 Å². The summed E-state index contributed by atoms with van der Waals surface area (Å²) in [6.07, 6.45) is 0.0639. The van der Waals surface area contributed by atoms with Gasteiger partial charge in [0.1, 0.15) is 5.01 Å². The number of carbonyl (C=O) groups is 2. The van der Waals surface area contributed by atoms with E-state index in [-0.39, 0.29) is 25.0 Å². The Balaban J connectivity index is 1.44. The van der Waals surface area contributed by atoms with E-state index in [1.165, 1.54) is 11.3 Å². The molecule has 3 aromatic heterocycles. The molecule has 0 aliphatic carbocycles. The summed E-state index contributed by atoms with van der Waals surface area (Å²) in [5.41, 5.74) is 1.71. The van der Waals surface area contributed by atoms with Gasteiger partial charge in [0.15, 0.2) is 6.61 Å². The predicted molar refractivity (Wildman–Crippen MR) is 101 cm³/mol. The highest BCUT2D eigenvalue weighted by Crippen LogP contribution is 2.25. The maximum atomic E-state index is 11.9. The van der Waals surface area contributed by atoms with Crippen molar-refractivity contribution in [2.24, 2.45) is 0 Å². The molecule has 3 heterocycles. The summed E-state index contributed by atoms with van der Waals surface area (Å²) >= 11 is 4.67. The number of esters is 1. The number of thiophene rings is 2. The van der Waals surface area contributed by atoms with E-state index in [1.54, 1.807) is 22.7 Å². The third-order valence-electron chi connectivity index (χ3n) is 3.36. The average molecular weight is 393 g/mol. The van der Waals surface area contributed by atoms with Gasteiger partial charge in [-0.1, -0.05) is 6.07 Å². The van der Waals surface area contributed by atoms with Gasteiger partial charge in [0.05, 0.1) is 18.2 Å². The number of hydrogen-bond donors (Lipinski definition) is 1. The van der Waals surface area contributed by atoms with Crippen molar-refractivity contribution in [2.45, 2.75) is 19.4 Å². The van der Waals surface area contributed by atoms with Crippen molar-refractivity contribution in [1.29, 1.82) is 0 Å². The zero-order chi connectivity index (χ0) is 17.6. The molecule has 0 aromatic carbocycles. The third-order valence-corrected chi connectivity index (χ3v) is 6.04. The molecule has 1 N–H and O–H groups in total. The molecule has 0 unspecified atom stereocenters. The number of nitrogens with zero attached hydrogens (tertiary/aromatic N) is 1. The van der Waals surface area contributed by atoms with Gasteiger partial charge in [0, 0.05) is 21.2 Å². The Morgan fingerprint density at radius 2 is 2.12 bits per heavy atom. The van der Waals surface area contributed by atoms with E-state index >= 15 is 0 Å². The molecular weight excluding hydrogens is 376 g/mol. The van der Waals surface area contributed by atoms with Crippen molar-refractivity contribution < 1.29 is 14.3 Å². The van der Waals surface area contributed by atoms with Crippen molar-refractivity contribution in [1.82, 2.24) is 10.3 Å². The zero-order valence-corrected chi connectivity index (χ0v) is 15.9. The minimum absolute atomic E-state index is 0.0639. The van der Waals surface area contributed by atoms with Crippen LogP contribution in [0.2, 0.25) is 0 Å². The van der Waals surface area contributed by atoms with Crippen molar-refractivity contribution in [3.8, 4) is 10.6 Å². The van der Waals surface area contributed by atoms with Crippen LogP contribution < -0.4 is 5.32 Å². The summed E-state index contributed by atoms with van der Waals surface area (Å²) in [5, 5.41) is 11.5. The van der Waals surface area contributed by atoms with E-state index in [1.807, 2.05) is 46.6 Å². The molecule has 0 saturated heterocycles. The summed E-state index contributed by atoms with van der Waals surface area (Å²) in [6.45, 7) is 1.61. The van der Waals surface area contributed by atoms with E-state index in [2.05, 4.69) is 10.3 Å². The van der Waals surface area contributed by atoms with Crippen LogP contribution in [0.25, 0.3) is 10.6 Å². The Hall–Kier alpha value is -2.03. The van der Waals surface area contributed by atoms with Gasteiger partial charge >= 0.3 is 5.97 Å². The zero-order valence-electron chi connectivity index (χ0n) is 13.4. The molecule has 8 heteroatoms. The molecule has 3 aromatic rings. The van der Waals surface area contributed by atoms with Crippen LogP contribution in [-0.4, -0.2) is 23.5 Å². The van der Waals surface area contributed by atoms with Crippen LogP contribution in [0.3, 0.4) is 0 Å². The van der Waals surface area contributed by atoms with Crippen LogP contribution in [0.4, 0.5) is 0 Å². The van der Waals surface area contributed by atoms with Crippen LogP contribution in [0.15, 0.2) is 39.7 Å². The quantitative estimate of drug-likeness (QED) is 0.619. The van der Waals surface area contributed by atoms with E-state index in [4.69, 9.17) is 4.74 Å². The van der Waals surface area contributed by atoms with Crippen molar-refractivity contribution in [3.63, 3.8) is 0 Å². The number of carbonyl (C=O) groups excluding carboxylic acids is 2. The molecule has 5 nitrogen and oxygen atoms in total. The average Bonchev–Trinajstić information content (AvgIpc) is 3.32. The van der Waals surface area contributed by atoms with E-state index in [9.17, 15) is 9.59 Å². The SMILES string of the molecule is C[C@@H](NC(=O)COC(=O)Cc1csc(-c2ccsc2)n1)c1cccs1. The fraction of sp³-hybridized carbons (Fsp3) is 0.235. The van der Waals surface area contributed by atoms with Gasteiger partial charge in [0.2, 0.25) is 0 Å². The standard InChI is InChI=1S/C17H16N2O3S3/c1-11(14-3-2-5-24-14)18-15(20)8-22-16(21)7-13-10-25-17(19-13)12-4-6-23-9-12/h2-6,9-11H,7-8H2,1H3,(H,18,20)/t11-/m1/s1. The second-order valence-electron chi connectivity index (χ2n) is 5.30. The first kappa shape index (κ1) is 17.8. The van der Waals surface area contributed by atoms with Gasteiger partial charge in [-0.3, -0.25) is 9.59 Å². The Morgan fingerprint density at radius 3 is 2.84 bits per heavy atom. The van der Waals surface area contributed by atoms with Crippen LogP contribution in [0, 0.1) is 0 Å². The molecular formula is C17H16N2O3S3. The summed E-state index contributed by atoms with van der Waals surface area (Å²) in [4.78, 5) is 29.2. The lowest BCUT2D eigenvalue weighted by atomic mass is 10.3. The maximum absolute atomic E-state index is 11.9. The molecule has 0 aliphatic rings. The monoisotopic (exact) mass is 392 g/mol. The van der Waals surface area contributed by atoms with Gasteiger partial charge in [0.25, 0.3) is 5.91 Å². The summed E-state index contributed by atoms with van der Waals surface area (Å²) in [7, 11) is 0. The van der Waals surface area contributed by atoms with Gasteiger partial charge < -0.3 is 10.1 Å². The number of amides is 1. The summed E-state index contributed by atoms with van der Waals surface area (Å²) in [6, 6.07) is 5.78. The van der Waals surface area contributed by atoms with Crippen molar-refractivity contribution >= 4 is 45.9 Å². The van der Waals surface area contributed by atoms with Crippen LogP contribution in [0.5, 0.6) is 0 Å². The highest BCUT2D eigenvalue weighted by atomic mass is 32.1. The molecule has 1 amide bonds. The summed E-state index contributed by atoms with van der Waals surface area (Å²) in [5.74, 6) is -0.771. The first-order valence-corrected chi connectivity index (χ1v) is 10.3. The number of nitrogens with one attached hydrogen (secondary N) is 1. The van der Waals surface area contributed by atoms with Crippen molar-refractivity contribution in [2.75, 3.05) is 6.61 Å². The van der Waals surface area contributed by atoms with Gasteiger partial charge in [-0.05, 0) is 29.8 Å². The molecule has 0 spiro atoms. The molecule has 1 atom stereocenters. The third kappa shape index (κ3) is 4.97. The first-order valence-electron chi connectivity index (χ1n) is 7.57. The number of hydrogen-bond acceptors (Lipinski definition) is 7. The smallest absolute Gasteiger partial charge is 0.312 e.